The first-order chi connectivity index (χ1) is 16.0. The maximum absolute atomic E-state index is 13.1. The van der Waals surface area contributed by atoms with Gasteiger partial charge in [-0.2, -0.15) is 0 Å². The van der Waals surface area contributed by atoms with Crippen LogP contribution in [0.25, 0.3) is 0 Å². The molecular formula is C23H41N5O6. The molecule has 2 rings (SSSR count). The summed E-state index contributed by atoms with van der Waals surface area (Å²) in [6.07, 6.45) is 3.45. The molecule has 194 valence electrons. The molecule has 0 radical (unpaired) electrons. The number of amides is 2. The molecule has 0 spiro atoms. The van der Waals surface area contributed by atoms with Gasteiger partial charge in [0.25, 0.3) is 0 Å². The van der Waals surface area contributed by atoms with E-state index in [1.165, 1.54) is 6.92 Å². The van der Waals surface area contributed by atoms with Gasteiger partial charge in [0.1, 0.15) is 11.6 Å². The van der Waals surface area contributed by atoms with Crippen LogP contribution in [-0.4, -0.2) is 92.8 Å². The Morgan fingerprint density at radius 1 is 1.26 bits per heavy atom. The summed E-state index contributed by atoms with van der Waals surface area (Å²) >= 11 is 0. The highest BCUT2D eigenvalue weighted by molar-refractivity contribution is 5.86. The van der Waals surface area contributed by atoms with Crippen molar-refractivity contribution >= 4 is 12.0 Å². The average Bonchev–Trinajstić information content (AvgIpc) is 3.03. The Kier molecular flexibility index (Phi) is 10.7. The van der Waals surface area contributed by atoms with Crippen LogP contribution in [0.3, 0.4) is 0 Å². The van der Waals surface area contributed by atoms with E-state index in [2.05, 4.69) is 15.6 Å². The fourth-order valence-corrected chi connectivity index (χ4v) is 4.04. The van der Waals surface area contributed by atoms with Crippen molar-refractivity contribution < 1.29 is 29.3 Å². The molecule has 1 saturated heterocycles. The van der Waals surface area contributed by atoms with Gasteiger partial charge in [-0.25, -0.2) is 4.79 Å². The van der Waals surface area contributed by atoms with Gasteiger partial charge in [-0.05, 0) is 59.3 Å². The molecule has 11 heteroatoms. The van der Waals surface area contributed by atoms with Crippen molar-refractivity contribution in [3.05, 3.63) is 11.9 Å². The van der Waals surface area contributed by atoms with Crippen molar-refractivity contribution in [3.63, 3.8) is 0 Å². The van der Waals surface area contributed by atoms with Gasteiger partial charge in [0.15, 0.2) is 0 Å². The van der Waals surface area contributed by atoms with Gasteiger partial charge in [-0.3, -0.25) is 9.48 Å². The normalized spacial score (nSPS) is 19.7. The number of ether oxygens (including phenoxy) is 2. The summed E-state index contributed by atoms with van der Waals surface area (Å²) in [4.78, 5) is 26.9. The summed E-state index contributed by atoms with van der Waals surface area (Å²) in [7, 11) is 1.55. The van der Waals surface area contributed by atoms with Crippen LogP contribution < -0.4 is 5.32 Å². The first kappa shape index (κ1) is 28.0. The van der Waals surface area contributed by atoms with Crippen molar-refractivity contribution in [1.29, 1.82) is 0 Å². The Balaban J connectivity index is 1.85. The van der Waals surface area contributed by atoms with Crippen molar-refractivity contribution in [2.75, 3.05) is 26.8 Å². The molecule has 2 amide bonds. The van der Waals surface area contributed by atoms with E-state index >= 15 is 0 Å². The molecule has 2 heterocycles. The molecule has 0 aromatic carbocycles. The number of aromatic nitrogens is 3. The minimum absolute atomic E-state index is 0.257. The predicted octanol–water partition coefficient (Wildman–Crippen LogP) is 1.12. The van der Waals surface area contributed by atoms with E-state index in [1.54, 1.807) is 37.5 Å². The number of hydrogen-bond donors (Lipinski definition) is 3. The third-order valence-electron chi connectivity index (χ3n) is 5.74. The van der Waals surface area contributed by atoms with E-state index in [1.807, 2.05) is 6.20 Å². The molecule has 1 aliphatic heterocycles. The number of likely N-dealkylation sites (tertiary alicyclic amines) is 1. The van der Waals surface area contributed by atoms with Gasteiger partial charge in [-0.1, -0.05) is 5.21 Å². The van der Waals surface area contributed by atoms with E-state index in [0.29, 0.717) is 32.0 Å². The summed E-state index contributed by atoms with van der Waals surface area (Å²) in [5.74, 6) is 0.130. The van der Waals surface area contributed by atoms with Crippen LogP contribution in [0.5, 0.6) is 0 Å². The quantitative estimate of drug-likeness (QED) is 0.450. The molecule has 3 N–H and O–H groups in total. The molecule has 1 unspecified atom stereocenters. The number of methoxy groups -OCH3 is 1. The van der Waals surface area contributed by atoms with Crippen LogP contribution in [0.4, 0.5) is 4.79 Å². The van der Waals surface area contributed by atoms with Crippen LogP contribution in [-0.2, 0) is 27.2 Å². The fourth-order valence-electron chi connectivity index (χ4n) is 4.04. The summed E-state index contributed by atoms with van der Waals surface area (Å²) in [5, 5.41) is 30.7. The molecular weight excluding hydrogens is 442 g/mol. The highest BCUT2D eigenvalue weighted by Gasteiger charge is 2.32. The number of rotatable bonds is 10. The highest BCUT2D eigenvalue weighted by Crippen LogP contribution is 2.22. The van der Waals surface area contributed by atoms with Crippen LogP contribution in [0.2, 0.25) is 0 Å². The molecule has 1 aromatic heterocycles. The number of alkyl carbamates (subject to hydrolysis) is 1. The number of aryl methyl sites for hydroxylation is 1. The summed E-state index contributed by atoms with van der Waals surface area (Å²) in [5.41, 5.74) is 0.0321. The SMILES string of the molecule is COC[C@@H](O)Cc1cn(CCC2CCCN(C(=O)[C@H](NC(=O)OC(C)(C)C)[C@H](C)O)CC2)nn1. The molecule has 1 fully saturated rings. The number of hydrogen-bond acceptors (Lipinski definition) is 8. The Hall–Kier alpha value is -2.24. The molecule has 0 saturated carbocycles. The second-order valence-corrected chi connectivity index (χ2v) is 10.1. The largest absolute Gasteiger partial charge is 0.444 e. The topological polar surface area (TPSA) is 139 Å². The van der Waals surface area contributed by atoms with Crippen LogP contribution in [0.15, 0.2) is 6.20 Å². The van der Waals surface area contributed by atoms with Crippen molar-refractivity contribution in [3.8, 4) is 0 Å². The first-order valence-electron chi connectivity index (χ1n) is 12.0. The number of nitrogens with zero attached hydrogens (tertiary/aromatic N) is 4. The molecule has 34 heavy (non-hydrogen) atoms. The second-order valence-electron chi connectivity index (χ2n) is 10.1. The van der Waals surface area contributed by atoms with E-state index < -0.39 is 29.9 Å². The van der Waals surface area contributed by atoms with Crippen LogP contribution in [0.1, 0.15) is 59.1 Å². The van der Waals surface area contributed by atoms with E-state index in [9.17, 15) is 19.8 Å². The molecule has 1 aliphatic rings. The van der Waals surface area contributed by atoms with Gasteiger partial charge in [0.05, 0.1) is 24.5 Å². The third kappa shape index (κ3) is 9.55. The van der Waals surface area contributed by atoms with Crippen molar-refractivity contribution in [2.24, 2.45) is 5.92 Å². The smallest absolute Gasteiger partial charge is 0.408 e. The lowest BCUT2D eigenvalue weighted by atomic mass is 9.97. The average molecular weight is 484 g/mol. The summed E-state index contributed by atoms with van der Waals surface area (Å²) < 4.78 is 12.0. The van der Waals surface area contributed by atoms with Crippen molar-refractivity contribution in [2.45, 2.75) is 90.2 Å². The molecule has 11 nitrogen and oxygen atoms in total. The lowest BCUT2D eigenvalue weighted by Gasteiger charge is -2.29. The van der Waals surface area contributed by atoms with E-state index in [0.717, 1.165) is 31.4 Å². The number of carbonyl (C=O) groups is 2. The van der Waals surface area contributed by atoms with Gasteiger partial charge in [0.2, 0.25) is 5.91 Å². The fraction of sp³-hybridized carbons (Fsp3) is 0.826. The van der Waals surface area contributed by atoms with Gasteiger partial charge in [-0.15, -0.1) is 5.10 Å². The third-order valence-corrected chi connectivity index (χ3v) is 5.74. The second kappa shape index (κ2) is 13.0. The zero-order valence-corrected chi connectivity index (χ0v) is 21.1. The van der Waals surface area contributed by atoms with Gasteiger partial charge >= 0.3 is 6.09 Å². The Morgan fingerprint density at radius 2 is 2.00 bits per heavy atom. The molecule has 4 atom stereocenters. The number of aliphatic hydroxyl groups excluding tert-OH is 2. The predicted molar refractivity (Wildman–Crippen MR) is 125 cm³/mol. The van der Waals surface area contributed by atoms with Gasteiger partial charge < -0.3 is 29.9 Å². The summed E-state index contributed by atoms with van der Waals surface area (Å²) in [6.45, 7) is 8.83. The highest BCUT2D eigenvalue weighted by atomic mass is 16.6. The minimum Gasteiger partial charge on any atom is -0.444 e. The molecule has 0 bridgehead atoms. The first-order valence-corrected chi connectivity index (χ1v) is 12.0. The number of nitrogens with one attached hydrogen (secondary N) is 1. The summed E-state index contributed by atoms with van der Waals surface area (Å²) in [6, 6.07) is -1.05. The van der Waals surface area contributed by atoms with Crippen LogP contribution in [0, 0.1) is 5.92 Å². The molecule has 0 aliphatic carbocycles. The minimum atomic E-state index is -1.05. The standard InChI is InChI=1S/C23H41N5O6/c1-16(29)20(24-22(32)34-23(2,3)4)21(31)27-10-6-7-17(8-11-27)9-12-28-14-18(25-26-28)13-19(30)15-33-5/h14,16-17,19-20,29-30H,6-13,15H2,1-5H3,(H,24,32)/t16-,17?,19-,20+/m0/s1. The zero-order chi connectivity index (χ0) is 25.3. The lowest BCUT2D eigenvalue weighted by molar-refractivity contribution is -0.136. The zero-order valence-electron chi connectivity index (χ0n) is 21.1. The van der Waals surface area contributed by atoms with E-state index in [4.69, 9.17) is 9.47 Å². The lowest BCUT2D eigenvalue weighted by Crippen LogP contribution is -2.54. The van der Waals surface area contributed by atoms with E-state index in [-0.39, 0.29) is 12.5 Å². The van der Waals surface area contributed by atoms with Crippen molar-refractivity contribution in [1.82, 2.24) is 25.2 Å². The molecule has 1 aromatic rings. The Labute approximate surface area is 201 Å². The maximum Gasteiger partial charge on any atom is 0.408 e. The Bertz CT molecular complexity index is 778. The number of carbonyl (C=O) groups excluding carboxylic acids is 2. The van der Waals surface area contributed by atoms with Gasteiger partial charge in [0, 0.05) is 39.4 Å². The monoisotopic (exact) mass is 483 g/mol. The van der Waals surface area contributed by atoms with Crippen LogP contribution >= 0.6 is 0 Å². The Morgan fingerprint density at radius 3 is 2.65 bits per heavy atom. The maximum atomic E-state index is 13.1. The number of aliphatic hydroxyl groups is 2.